The molecule has 1 atom stereocenters. The number of carbonyl (C=O) groups is 2. The van der Waals surface area contributed by atoms with Crippen LogP contribution in [0.25, 0.3) is 0 Å². The Morgan fingerprint density at radius 3 is 2.74 bits per heavy atom. The summed E-state index contributed by atoms with van der Waals surface area (Å²) in [4.78, 5) is 28.5. The monoisotopic (exact) mass is 312 g/mol. The summed E-state index contributed by atoms with van der Waals surface area (Å²) in [5, 5.41) is 4.25. The molecule has 6 heteroatoms. The van der Waals surface area contributed by atoms with Gasteiger partial charge < -0.3 is 9.80 Å². The van der Waals surface area contributed by atoms with Crippen LogP contribution in [0, 0.1) is 6.92 Å². The zero-order valence-electron chi connectivity index (χ0n) is 13.6. The second-order valence-electron chi connectivity index (χ2n) is 6.07. The van der Waals surface area contributed by atoms with Gasteiger partial charge in [0.1, 0.15) is 6.04 Å². The fourth-order valence-corrected chi connectivity index (χ4v) is 2.89. The first-order valence-corrected chi connectivity index (χ1v) is 7.57. The number of hydrogen-bond donors (Lipinski definition) is 0. The van der Waals surface area contributed by atoms with Gasteiger partial charge in [0.25, 0.3) is 5.91 Å². The number of rotatable bonds is 2. The number of aromatic nitrogens is 2. The first-order chi connectivity index (χ1) is 11.0. The Morgan fingerprint density at radius 1 is 1.26 bits per heavy atom. The summed E-state index contributed by atoms with van der Waals surface area (Å²) in [6.45, 7) is 2.75. The molecule has 0 saturated carbocycles. The molecule has 1 aliphatic heterocycles. The molecular weight excluding hydrogens is 292 g/mol. The average Bonchev–Trinajstić information content (AvgIpc) is 3.00. The Hall–Kier alpha value is -2.63. The fourth-order valence-electron chi connectivity index (χ4n) is 2.89. The smallest absolute Gasteiger partial charge is 0.254 e. The zero-order chi connectivity index (χ0) is 16.6. The molecule has 1 aromatic heterocycles. The van der Waals surface area contributed by atoms with Crippen LogP contribution in [0.5, 0.6) is 0 Å². The predicted octanol–water partition coefficient (Wildman–Crippen LogP) is 1.48. The van der Waals surface area contributed by atoms with E-state index in [1.54, 1.807) is 29.9 Å². The van der Waals surface area contributed by atoms with Crippen LogP contribution in [0.3, 0.4) is 0 Å². The number of amides is 2. The number of benzene rings is 1. The third-order valence-corrected chi connectivity index (χ3v) is 4.07. The third kappa shape index (κ3) is 2.84. The van der Waals surface area contributed by atoms with Crippen molar-refractivity contribution in [2.24, 2.45) is 0 Å². The van der Waals surface area contributed by atoms with Crippen molar-refractivity contribution in [1.29, 1.82) is 0 Å². The van der Waals surface area contributed by atoms with Crippen LogP contribution in [0.4, 0.5) is 0 Å². The van der Waals surface area contributed by atoms with Crippen molar-refractivity contribution < 1.29 is 9.59 Å². The lowest BCUT2D eigenvalue weighted by Crippen LogP contribution is -2.46. The summed E-state index contributed by atoms with van der Waals surface area (Å²) in [6, 6.07) is 8.89. The van der Waals surface area contributed by atoms with Gasteiger partial charge in [0.2, 0.25) is 5.91 Å². The Bertz CT molecular complexity index is 751. The normalized spacial score (nSPS) is 16.8. The van der Waals surface area contributed by atoms with E-state index in [0.717, 1.165) is 11.3 Å². The lowest BCUT2D eigenvalue weighted by molar-refractivity contribution is -0.133. The molecule has 3 rings (SSSR count). The SMILES string of the molecule is Cc1cccc(C(=O)N2Cc3ccnn3C(C(=O)N(C)C)C2)c1. The molecule has 6 nitrogen and oxygen atoms in total. The Labute approximate surface area is 135 Å². The van der Waals surface area contributed by atoms with Gasteiger partial charge in [-0.2, -0.15) is 5.10 Å². The Balaban J connectivity index is 1.91. The maximum absolute atomic E-state index is 12.8. The number of hydrogen-bond acceptors (Lipinski definition) is 3. The second kappa shape index (κ2) is 5.87. The van der Waals surface area contributed by atoms with Gasteiger partial charge in [-0.3, -0.25) is 14.3 Å². The largest absolute Gasteiger partial charge is 0.347 e. The second-order valence-corrected chi connectivity index (χ2v) is 6.07. The molecule has 0 N–H and O–H groups in total. The highest BCUT2D eigenvalue weighted by molar-refractivity contribution is 5.95. The van der Waals surface area contributed by atoms with Crippen LogP contribution in [0.15, 0.2) is 36.5 Å². The van der Waals surface area contributed by atoms with E-state index in [-0.39, 0.29) is 11.8 Å². The fraction of sp³-hybridized carbons (Fsp3) is 0.353. The molecule has 1 aliphatic rings. The van der Waals surface area contributed by atoms with Crippen LogP contribution >= 0.6 is 0 Å². The van der Waals surface area contributed by atoms with Crippen molar-refractivity contribution in [3.05, 3.63) is 53.3 Å². The van der Waals surface area contributed by atoms with Crippen molar-refractivity contribution in [2.45, 2.75) is 19.5 Å². The predicted molar refractivity (Wildman–Crippen MR) is 85.9 cm³/mol. The van der Waals surface area contributed by atoms with Crippen LogP contribution < -0.4 is 0 Å². The minimum absolute atomic E-state index is 0.0577. The summed E-state index contributed by atoms with van der Waals surface area (Å²) >= 11 is 0. The number of aryl methyl sites for hydroxylation is 1. The zero-order valence-corrected chi connectivity index (χ0v) is 13.6. The van der Waals surface area contributed by atoms with Crippen molar-refractivity contribution in [2.75, 3.05) is 20.6 Å². The first kappa shape index (κ1) is 15.3. The van der Waals surface area contributed by atoms with Gasteiger partial charge in [0.15, 0.2) is 0 Å². The molecule has 23 heavy (non-hydrogen) atoms. The molecule has 1 aromatic carbocycles. The van der Waals surface area contributed by atoms with Crippen molar-refractivity contribution in [3.63, 3.8) is 0 Å². The minimum atomic E-state index is -0.475. The van der Waals surface area contributed by atoms with Gasteiger partial charge in [-0.1, -0.05) is 17.7 Å². The maximum Gasteiger partial charge on any atom is 0.254 e. The lowest BCUT2D eigenvalue weighted by Gasteiger charge is -2.34. The number of nitrogens with zero attached hydrogens (tertiary/aromatic N) is 4. The summed E-state index contributed by atoms with van der Waals surface area (Å²) in [6.07, 6.45) is 1.67. The summed E-state index contributed by atoms with van der Waals surface area (Å²) in [5.41, 5.74) is 2.56. The van der Waals surface area contributed by atoms with E-state index < -0.39 is 6.04 Å². The summed E-state index contributed by atoms with van der Waals surface area (Å²) in [5.74, 6) is -0.116. The van der Waals surface area contributed by atoms with Crippen molar-refractivity contribution in [3.8, 4) is 0 Å². The van der Waals surface area contributed by atoms with E-state index in [1.165, 1.54) is 4.90 Å². The van der Waals surface area contributed by atoms with Crippen LogP contribution in [0.1, 0.15) is 27.7 Å². The van der Waals surface area contributed by atoms with Gasteiger partial charge in [-0.05, 0) is 25.1 Å². The van der Waals surface area contributed by atoms with Gasteiger partial charge >= 0.3 is 0 Å². The maximum atomic E-state index is 12.8. The Morgan fingerprint density at radius 2 is 2.04 bits per heavy atom. The molecule has 0 bridgehead atoms. The van der Waals surface area contributed by atoms with Crippen LogP contribution in [-0.4, -0.2) is 52.0 Å². The standard InChI is InChI=1S/C17H20N4O2/c1-12-5-4-6-13(9-12)16(22)20-10-14-7-8-18-21(14)15(11-20)17(23)19(2)3/h4-9,15H,10-11H2,1-3H3. The van der Waals surface area contributed by atoms with E-state index in [4.69, 9.17) is 0 Å². The summed E-state index contributed by atoms with van der Waals surface area (Å²) < 4.78 is 1.72. The molecule has 2 heterocycles. The van der Waals surface area contributed by atoms with Gasteiger partial charge in [-0.15, -0.1) is 0 Å². The highest BCUT2D eigenvalue weighted by Gasteiger charge is 2.34. The first-order valence-electron chi connectivity index (χ1n) is 7.57. The number of fused-ring (bicyclic) bond motifs is 1. The topological polar surface area (TPSA) is 58.4 Å². The van der Waals surface area contributed by atoms with E-state index in [2.05, 4.69) is 5.10 Å². The molecule has 2 amide bonds. The van der Waals surface area contributed by atoms with E-state index in [1.807, 2.05) is 37.3 Å². The lowest BCUT2D eigenvalue weighted by atomic mass is 10.1. The minimum Gasteiger partial charge on any atom is -0.347 e. The molecule has 0 saturated heterocycles. The number of likely N-dealkylation sites (N-methyl/N-ethyl adjacent to an activating group) is 1. The molecular formula is C17H20N4O2. The van der Waals surface area contributed by atoms with Gasteiger partial charge in [0, 0.05) is 25.9 Å². The number of carbonyl (C=O) groups excluding carboxylic acids is 2. The van der Waals surface area contributed by atoms with Crippen molar-refractivity contribution in [1.82, 2.24) is 19.6 Å². The highest BCUT2D eigenvalue weighted by atomic mass is 16.2. The summed E-state index contributed by atoms with van der Waals surface area (Å²) in [7, 11) is 3.43. The van der Waals surface area contributed by atoms with Gasteiger partial charge in [-0.25, -0.2) is 0 Å². The third-order valence-electron chi connectivity index (χ3n) is 4.07. The molecule has 1 unspecified atom stereocenters. The van der Waals surface area contributed by atoms with Crippen molar-refractivity contribution >= 4 is 11.8 Å². The molecule has 0 aliphatic carbocycles. The molecule has 0 spiro atoms. The van der Waals surface area contributed by atoms with E-state index >= 15 is 0 Å². The molecule has 120 valence electrons. The average molecular weight is 312 g/mol. The van der Waals surface area contributed by atoms with Crippen LogP contribution in [0.2, 0.25) is 0 Å². The molecule has 0 radical (unpaired) electrons. The highest BCUT2D eigenvalue weighted by Crippen LogP contribution is 2.23. The Kier molecular flexibility index (Phi) is 3.90. The van der Waals surface area contributed by atoms with Crippen LogP contribution in [-0.2, 0) is 11.3 Å². The van der Waals surface area contributed by atoms with E-state index in [9.17, 15) is 9.59 Å². The van der Waals surface area contributed by atoms with E-state index in [0.29, 0.717) is 18.7 Å². The quantitative estimate of drug-likeness (QED) is 0.844. The molecule has 0 fully saturated rings. The van der Waals surface area contributed by atoms with Gasteiger partial charge in [0.05, 0.1) is 18.8 Å². The molecule has 2 aromatic rings.